The van der Waals surface area contributed by atoms with Crippen LogP contribution in [0.2, 0.25) is 0 Å². The highest BCUT2D eigenvalue weighted by molar-refractivity contribution is 5.95. The number of aliphatic hydroxyl groups is 5. The molecule has 87 heavy (non-hydrogen) atoms. The first kappa shape index (κ1) is 64.5. The first-order chi connectivity index (χ1) is 41.6. The van der Waals surface area contributed by atoms with E-state index in [1.807, 2.05) is 0 Å². The maximum Gasteiger partial charge on any atom is 0.407 e. The lowest BCUT2D eigenvalue weighted by Crippen LogP contribution is -2.60. The summed E-state index contributed by atoms with van der Waals surface area (Å²) in [6.07, 6.45) is -8.50. The first-order valence-electron chi connectivity index (χ1n) is 28.1. The monoisotopic (exact) mass is 1220 g/mol. The second kappa shape index (κ2) is 28.3. The van der Waals surface area contributed by atoms with Gasteiger partial charge in [-0.25, -0.2) is 19.0 Å². The van der Waals surface area contributed by atoms with Gasteiger partial charge < -0.3 is 91.6 Å². The van der Waals surface area contributed by atoms with E-state index in [0.717, 1.165) is 12.7 Å². The Morgan fingerprint density at radius 1 is 0.816 bits per heavy atom. The molecule has 1 fully saturated rings. The summed E-state index contributed by atoms with van der Waals surface area (Å²) in [5, 5.41) is 71.5. The summed E-state index contributed by atoms with van der Waals surface area (Å²) in [5.41, 5.74) is 1.78. The Labute approximate surface area is 495 Å². The number of methoxy groups -OCH3 is 1. The van der Waals surface area contributed by atoms with Crippen LogP contribution in [-0.4, -0.2) is 184 Å². The standard InChI is InChI=1S/C57H69FN10O19/c1-4-57(83)32-17-38-48-30(23-68(38)54(80)31(32)25-86-55(57)81)47-34(11-10-29-27(2)33(58)18-36(66-48)46(29)47)64-42(71)14-15-85-26-63-44(73)21-62-53(79)37(16-28-8-6-5-7-9-28)65-45(74)22-60-43(72)20-61-52(78)35(67-56(82)84-3)12-13-41(70)59-19-39-49(75)51(77)50(76)40(24-69)87-39/h5-9,17-18,34-35,37,39-40,49-51,69,75-77,83H,4,10-16,19-26H2,1-3H3,(H,59,70)(H,60,72)(H,61,78)(H,62,79)(H,63,73)(H,64,71)(H,65,74)(H,67,82)/t34-,35-,37-,39-,40+,49-,50+,51+,57-/m0/s1. The fourth-order valence-electron chi connectivity index (χ4n) is 10.9. The number of halogens is 1. The van der Waals surface area contributed by atoms with Crippen molar-refractivity contribution in [1.29, 1.82) is 0 Å². The minimum atomic E-state index is -2.06. The molecule has 13 N–H and O–H groups in total. The van der Waals surface area contributed by atoms with Gasteiger partial charge in [0.1, 0.15) is 61.8 Å². The van der Waals surface area contributed by atoms with E-state index >= 15 is 4.39 Å². The van der Waals surface area contributed by atoms with Gasteiger partial charge in [0, 0.05) is 42.0 Å². The minimum absolute atomic E-state index is 0.0335. The van der Waals surface area contributed by atoms with Crippen LogP contribution in [0, 0.1) is 12.7 Å². The summed E-state index contributed by atoms with van der Waals surface area (Å²) < 4.78 is 37.6. The SMILES string of the molecule is CC[C@@]1(O)C(=O)OCc2c1cc1n(c2=O)Cc2c-1nc1cc(F)c(C)c3c1c2[C@@H](NC(=O)CCOCNC(=O)CNC(=O)[C@H](Cc1ccccc1)NC(=O)CNC(=O)CNC(=O)[C@H](CCC(=O)NC[C@@H]1O[C@H](CO)[C@@H](O)[C@H](O)[C@H]1O)NC(=O)OC)CC3. The normalized spacial score (nSPS) is 21.3. The van der Waals surface area contributed by atoms with Crippen LogP contribution in [0.25, 0.3) is 22.3 Å². The number of aryl methyl sites for hydroxylation is 1. The third-order valence-electron chi connectivity index (χ3n) is 15.7. The number of pyridine rings is 2. The molecule has 29 nitrogen and oxygen atoms in total. The molecule has 468 valence electrons. The molecule has 2 aromatic heterocycles. The second-order valence-electron chi connectivity index (χ2n) is 21.3. The largest absolute Gasteiger partial charge is 0.458 e. The van der Waals surface area contributed by atoms with E-state index in [-0.39, 0.29) is 76.3 Å². The summed E-state index contributed by atoms with van der Waals surface area (Å²) in [6.45, 7) is -0.476. The number of fused-ring (bicyclic) bond motifs is 5. The highest BCUT2D eigenvalue weighted by Crippen LogP contribution is 2.46. The van der Waals surface area contributed by atoms with E-state index < -0.39 is 145 Å². The van der Waals surface area contributed by atoms with Crippen LogP contribution in [0.1, 0.15) is 84.0 Å². The Morgan fingerprint density at radius 3 is 2.21 bits per heavy atom. The molecule has 0 unspecified atom stereocenters. The topological polar surface area (TPSA) is 423 Å². The Morgan fingerprint density at radius 2 is 1.51 bits per heavy atom. The molecule has 1 saturated heterocycles. The van der Waals surface area contributed by atoms with Crippen molar-refractivity contribution in [3.05, 3.63) is 97.6 Å². The molecule has 8 rings (SSSR count). The number of cyclic esters (lactones) is 1. The summed E-state index contributed by atoms with van der Waals surface area (Å²) in [4.78, 5) is 135. The third kappa shape index (κ3) is 14.7. The van der Waals surface area contributed by atoms with Crippen LogP contribution in [-0.2, 0) is 88.9 Å². The van der Waals surface area contributed by atoms with Gasteiger partial charge in [-0.3, -0.25) is 38.4 Å². The van der Waals surface area contributed by atoms with Crippen LogP contribution in [0.4, 0.5) is 9.18 Å². The van der Waals surface area contributed by atoms with Crippen molar-refractivity contribution in [3.8, 4) is 11.4 Å². The number of aliphatic hydroxyl groups excluding tert-OH is 4. The lowest BCUT2D eigenvalue weighted by molar-refractivity contribution is -0.227. The lowest BCUT2D eigenvalue weighted by Gasteiger charge is -2.40. The smallest absolute Gasteiger partial charge is 0.407 e. The number of hydrogen-bond donors (Lipinski definition) is 13. The first-order valence-corrected chi connectivity index (χ1v) is 28.1. The van der Waals surface area contributed by atoms with Gasteiger partial charge in [0.25, 0.3) is 5.56 Å². The Hall–Kier alpha value is -8.52. The van der Waals surface area contributed by atoms with Gasteiger partial charge in [0.2, 0.25) is 41.4 Å². The van der Waals surface area contributed by atoms with Gasteiger partial charge in [-0.1, -0.05) is 37.3 Å². The van der Waals surface area contributed by atoms with E-state index in [2.05, 4.69) is 47.3 Å². The molecule has 5 heterocycles. The number of carbonyl (C=O) groups excluding carboxylic acids is 9. The molecule has 0 radical (unpaired) electrons. The van der Waals surface area contributed by atoms with Crippen LogP contribution in [0.3, 0.4) is 0 Å². The molecular formula is C57H69FN10O19. The van der Waals surface area contributed by atoms with Crippen molar-refractivity contribution in [3.63, 3.8) is 0 Å². The van der Waals surface area contributed by atoms with E-state index in [0.29, 0.717) is 57.4 Å². The lowest BCUT2D eigenvalue weighted by atomic mass is 9.81. The maximum absolute atomic E-state index is 15.4. The minimum Gasteiger partial charge on any atom is -0.458 e. The number of esters is 1. The van der Waals surface area contributed by atoms with Crippen molar-refractivity contribution < 1.29 is 92.0 Å². The number of rotatable bonds is 25. The molecule has 0 saturated carbocycles. The number of alkyl carbamates (subject to hydrolysis) is 1. The van der Waals surface area contributed by atoms with Crippen molar-refractivity contribution in [2.24, 2.45) is 0 Å². The Kier molecular flexibility index (Phi) is 21.0. The molecule has 0 bridgehead atoms. The average molecular weight is 1220 g/mol. The average Bonchev–Trinajstić information content (AvgIpc) is 1.71. The summed E-state index contributed by atoms with van der Waals surface area (Å²) in [5.74, 6) is -6.52. The maximum atomic E-state index is 15.4. The Bertz CT molecular complexity index is 3380. The van der Waals surface area contributed by atoms with Crippen molar-refractivity contribution >= 4 is 64.3 Å². The third-order valence-corrected chi connectivity index (χ3v) is 15.7. The van der Waals surface area contributed by atoms with Crippen molar-refractivity contribution in [2.75, 3.05) is 53.2 Å². The van der Waals surface area contributed by atoms with Gasteiger partial charge in [0.15, 0.2) is 5.60 Å². The predicted molar refractivity (Wildman–Crippen MR) is 298 cm³/mol. The highest BCUT2D eigenvalue weighted by atomic mass is 19.1. The fraction of sp³-hybridized carbons (Fsp3) is 0.491. The van der Waals surface area contributed by atoms with E-state index in [4.69, 9.17) is 19.2 Å². The highest BCUT2D eigenvalue weighted by Gasteiger charge is 2.47. The molecule has 2 aromatic carbocycles. The van der Waals surface area contributed by atoms with E-state index in [1.165, 1.54) is 10.6 Å². The molecular weight excluding hydrogens is 1150 g/mol. The molecule has 8 amide bonds. The number of nitrogens with one attached hydrogen (secondary N) is 8. The van der Waals surface area contributed by atoms with Crippen LogP contribution >= 0.6 is 0 Å². The number of nitrogens with zero attached hydrogens (tertiary/aromatic N) is 2. The predicted octanol–water partition coefficient (Wildman–Crippen LogP) is -3.35. The number of hydrogen-bond acceptors (Lipinski definition) is 20. The number of benzene rings is 2. The van der Waals surface area contributed by atoms with Gasteiger partial charge in [-0.15, -0.1) is 0 Å². The zero-order chi connectivity index (χ0) is 62.9. The number of aromatic nitrogens is 2. The number of ether oxygens (including phenoxy) is 4. The molecule has 9 atom stereocenters. The van der Waals surface area contributed by atoms with Gasteiger partial charge >= 0.3 is 12.1 Å². The van der Waals surface area contributed by atoms with Crippen molar-refractivity contribution in [1.82, 2.24) is 52.1 Å². The Balaban J connectivity index is 0.784. The second-order valence-corrected chi connectivity index (χ2v) is 21.3. The number of amides is 8. The number of carbonyl (C=O) groups is 9. The van der Waals surface area contributed by atoms with E-state index in [9.17, 15) is 73.5 Å². The van der Waals surface area contributed by atoms with Crippen LogP contribution < -0.4 is 48.1 Å². The summed E-state index contributed by atoms with van der Waals surface area (Å²) in [6, 6.07) is 8.17. The van der Waals surface area contributed by atoms with Gasteiger partial charge in [-0.2, -0.15) is 0 Å². The summed E-state index contributed by atoms with van der Waals surface area (Å²) in [7, 11) is 1.03. The van der Waals surface area contributed by atoms with E-state index in [1.54, 1.807) is 50.2 Å². The molecule has 1 aliphatic carbocycles. The quantitative estimate of drug-likeness (QED) is 0.0154. The molecule has 4 aromatic rings. The fourth-order valence-corrected chi connectivity index (χ4v) is 10.9. The molecule has 3 aliphatic heterocycles. The van der Waals surface area contributed by atoms with Gasteiger partial charge in [-0.05, 0) is 60.9 Å². The molecule has 30 heteroatoms. The molecule has 0 spiro atoms. The van der Waals surface area contributed by atoms with Crippen LogP contribution in [0.15, 0.2) is 47.3 Å². The molecule has 4 aliphatic rings. The zero-order valence-corrected chi connectivity index (χ0v) is 47.7. The van der Waals surface area contributed by atoms with Crippen LogP contribution in [0.5, 0.6) is 0 Å². The van der Waals surface area contributed by atoms with Gasteiger partial charge in [0.05, 0.1) is 81.4 Å². The summed E-state index contributed by atoms with van der Waals surface area (Å²) >= 11 is 0. The zero-order valence-electron chi connectivity index (χ0n) is 47.7. The van der Waals surface area contributed by atoms with Crippen molar-refractivity contribution in [2.45, 2.75) is 126 Å².